The van der Waals surface area contributed by atoms with Crippen molar-refractivity contribution in [3.05, 3.63) is 30.1 Å². The van der Waals surface area contributed by atoms with Gasteiger partial charge in [-0.25, -0.2) is 4.98 Å². The summed E-state index contributed by atoms with van der Waals surface area (Å²) in [6.07, 6.45) is 4.26. The maximum atomic E-state index is 11.3. The summed E-state index contributed by atoms with van der Waals surface area (Å²) in [5.74, 6) is 1.99. The number of aromatic nitrogens is 2. The van der Waals surface area contributed by atoms with Crippen LogP contribution in [0.15, 0.2) is 24.3 Å². The lowest BCUT2D eigenvalue weighted by molar-refractivity contribution is -0.260. The molecule has 2 heterocycles. The summed E-state index contributed by atoms with van der Waals surface area (Å²) in [5.41, 5.74) is 1.72. The summed E-state index contributed by atoms with van der Waals surface area (Å²) < 4.78 is 8.84. The number of rotatable bonds is 4. The standard InChI is InChI=1S/C24H35N3O2/c1-23(2)16-13-20(23)24(3,28)21(14-16)29-15-22-25-18-7-5-6-8-19(18)27(22)17-9-11-26(4)12-10-17/h5-8,16-17,20-21,28H,9-15H2,1-4H3/t16-,20-,21+,24-/m1/s1. The van der Waals surface area contributed by atoms with Gasteiger partial charge in [0.1, 0.15) is 12.4 Å². The van der Waals surface area contributed by atoms with Gasteiger partial charge in [-0.3, -0.25) is 0 Å². The molecule has 4 fully saturated rings. The summed E-state index contributed by atoms with van der Waals surface area (Å²) in [7, 11) is 2.20. The SMILES string of the molecule is CN1CCC(n2c(CO[C@H]3C[C@H]4C[C@H](C4(C)C)[C@@]3(C)O)nc3ccccc32)CC1. The van der Waals surface area contributed by atoms with Crippen LogP contribution in [0.3, 0.4) is 0 Å². The third kappa shape index (κ3) is 3.05. The van der Waals surface area contributed by atoms with E-state index in [1.807, 2.05) is 6.92 Å². The van der Waals surface area contributed by atoms with Gasteiger partial charge in [0.25, 0.3) is 0 Å². The van der Waals surface area contributed by atoms with E-state index in [4.69, 9.17) is 9.72 Å². The number of hydrogen-bond donors (Lipinski definition) is 1. The Hall–Kier alpha value is -1.43. The maximum absolute atomic E-state index is 11.3. The molecule has 6 rings (SSSR count). The molecular weight excluding hydrogens is 362 g/mol. The fourth-order valence-corrected chi connectivity index (χ4v) is 6.40. The average Bonchev–Trinajstić information content (AvgIpc) is 3.05. The smallest absolute Gasteiger partial charge is 0.136 e. The van der Waals surface area contributed by atoms with E-state index < -0.39 is 5.60 Å². The summed E-state index contributed by atoms with van der Waals surface area (Å²) in [6, 6.07) is 8.90. The Morgan fingerprint density at radius 3 is 2.55 bits per heavy atom. The van der Waals surface area contributed by atoms with Gasteiger partial charge in [0.05, 0.1) is 22.7 Å². The number of ether oxygens (including phenoxy) is 1. The molecule has 5 heteroatoms. The van der Waals surface area contributed by atoms with Crippen molar-refractivity contribution in [2.75, 3.05) is 20.1 Å². The largest absolute Gasteiger partial charge is 0.387 e. The Morgan fingerprint density at radius 2 is 1.86 bits per heavy atom. The topological polar surface area (TPSA) is 50.5 Å². The minimum Gasteiger partial charge on any atom is -0.387 e. The first-order valence-electron chi connectivity index (χ1n) is 11.3. The van der Waals surface area contributed by atoms with Crippen LogP contribution in [-0.2, 0) is 11.3 Å². The monoisotopic (exact) mass is 397 g/mol. The van der Waals surface area contributed by atoms with E-state index in [-0.39, 0.29) is 11.5 Å². The fraction of sp³-hybridized carbons (Fsp3) is 0.708. The molecule has 0 amide bonds. The Morgan fingerprint density at radius 1 is 1.14 bits per heavy atom. The number of aliphatic hydroxyl groups is 1. The zero-order chi connectivity index (χ0) is 20.4. The molecule has 1 aromatic carbocycles. The molecule has 0 radical (unpaired) electrons. The van der Waals surface area contributed by atoms with Gasteiger partial charge < -0.3 is 19.3 Å². The second-order valence-corrected chi connectivity index (χ2v) is 10.5. The maximum Gasteiger partial charge on any atom is 0.136 e. The first-order valence-corrected chi connectivity index (χ1v) is 11.3. The Labute approximate surface area is 174 Å². The number of piperidine rings is 1. The first-order chi connectivity index (χ1) is 13.8. The van der Waals surface area contributed by atoms with Crippen molar-refractivity contribution >= 4 is 11.0 Å². The quantitative estimate of drug-likeness (QED) is 0.847. The average molecular weight is 398 g/mol. The zero-order valence-corrected chi connectivity index (χ0v) is 18.3. The van der Waals surface area contributed by atoms with Crippen LogP contribution >= 0.6 is 0 Å². The molecule has 158 valence electrons. The second-order valence-electron chi connectivity index (χ2n) is 10.5. The van der Waals surface area contributed by atoms with Crippen LogP contribution in [0, 0.1) is 17.3 Å². The molecule has 2 bridgehead atoms. The lowest BCUT2D eigenvalue weighted by Crippen LogP contribution is -2.66. The third-order valence-electron chi connectivity index (χ3n) is 8.46. The number of fused-ring (bicyclic) bond motifs is 3. The predicted molar refractivity (Wildman–Crippen MR) is 115 cm³/mol. The molecule has 1 saturated heterocycles. The van der Waals surface area contributed by atoms with Crippen LogP contribution < -0.4 is 0 Å². The highest BCUT2D eigenvalue weighted by Gasteiger charge is 2.63. The molecule has 2 aromatic rings. The number of nitrogens with zero attached hydrogens (tertiary/aromatic N) is 3. The highest BCUT2D eigenvalue weighted by Crippen LogP contribution is 2.63. The summed E-state index contributed by atoms with van der Waals surface area (Å²) >= 11 is 0. The van der Waals surface area contributed by atoms with E-state index in [9.17, 15) is 5.11 Å². The highest BCUT2D eigenvalue weighted by molar-refractivity contribution is 5.76. The third-order valence-corrected chi connectivity index (χ3v) is 8.46. The molecule has 1 aliphatic heterocycles. The van der Waals surface area contributed by atoms with Gasteiger partial charge in [0, 0.05) is 6.04 Å². The van der Waals surface area contributed by atoms with Gasteiger partial charge in [-0.15, -0.1) is 0 Å². The lowest BCUT2D eigenvalue weighted by atomic mass is 9.43. The lowest BCUT2D eigenvalue weighted by Gasteiger charge is -2.64. The molecule has 4 atom stereocenters. The van der Waals surface area contributed by atoms with Crippen molar-refractivity contribution in [1.29, 1.82) is 0 Å². The predicted octanol–water partition coefficient (Wildman–Crippen LogP) is 4.01. The van der Waals surface area contributed by atoms with Crippen molar-refractivity contribution in [1.82, 2.24) is 14.5 Å². The van der Waals surface area contributed by atoms with Crippen LogP contribution in [0.5, 0.6) is 0 Å². The molecule has 29 heavy (non-hydrogen) atoms. The molecule has 4 aliphatic rings. The Bertz CT molecular complexity index is 895. The second kappa shape index (κ2) is 6.79. The Kier molecular flexibility index (Phi) is 4.57. The van der Waals surface area contributed by atoms with Crippen LogP contribution in [0.1, 0.15) is 58.3 Å². The zero-order valence-electron chi connectivity index (χ0n) is 18.3. The number of imidazole rings is 1. The first kappa shape index (κ1) is 19.5. The van der Waals surface area contributed by atoms with Gasteiger partial charge >= 0.3 is 0 Å². The van der Waals surface area contributed by atoms with Gasteiger partial charge in [-0.1, -0.05) is 26.0 Å². The molecule has 3 saturated carbocycles. The number of benzene rings is 1. The van der Waals surface area contributed by atoms with Gasteiger partial charge in [0.15, 0.2) is 0 Å². The van der Waals surface area contributed by atoms with E-state index in [0.29, 0.717) is 24.5 Å². The van der Waals surface area contributed by atoms with Crippen molar-refractivity contribution in [3.63, 3.8) is 0 Å². The van der Waals surface area contributed by atoms with Crippen LogP contribution in [0.2, 0.25) is 0 Å². The van der Waals surface area contributed by atoms with Crippen molar-refractivity contribution < 1.29 is 9.84 Å². The molecular formula is C24H35N3O2. The summed E-state index contributed by atoms with van der Waals surface area (Å²) in [5, 5.41) is 11.3. The molecule has 1 N–H and O–H groups in total. The molecule has 3 aliphatic carbocycles. The molecule has 5 nitrogen and oxygen atoms in total. The molecule has 0 unspecified atom stereocenters. The normalized spacial score (nSPS) is 35.0. The van der Waals surface area contributed by atoms with Crippen LogP contribution in [0.25, 0.3) is 11.0 Å². The fourth-order valence-electron chi connectivity index (χ4n) is 6.40. The molecule has 0 spiro atoms. The van der Waals surface area contributed by atoms with E-state index in [1.54, 1.807) is 0 Å². The van der Waals surface area contributed by atoms with E-state index in [2.05, 4.69) is 54.6 Å². The van der Waals surface area contributed by atoms with Crippen molar-refractivity contribution in [3.8, 4) is 0 Å². The molecule has 1 aromatic heterocycles. The van der Waals surface area contributed by atoms with Crippen LogP contribution in [-0.4, -0.2) is 51.4 Å². The highest BCUT2D eigenvalue weighted by atomic mass is 16.5. The van der Waals surface area contributed by atoms with Crippen LogP contribution in [0.4, 0.5) is 0 Å². The van der Waals surface area contributed by atoms with Crippen molar-refractivity contribution in [2.45, 2.75) is 70.8 Å². The van der Waals surface area contributed by atoms with Gasteiger partial charge in [-0.05, 0) is 82.1 Å². The van der Waals surface area contributed by atoms with E-state index >= 15 is 0 Å². The number of hydrogen-bond acceptors (Lipinski definition) is 4. The minimum atomic E-state index is -0.761. The van der Waals surface area contributed by atoms with E-state index in [1.165, 1.54) is 5.52 Å². The van der Waals surface area contributed by atoms with Crippen molar-refractivity contribution in [2.24, 2.45) is 17.3 Å². The summed E-state index contributed by atoms with van der Waals surface area (Å²) in [4.78, 5) is 7.34. The number of likely N-dealkylation sites (tertiary alicyclic amines) is 1. The Balaban J connectivity index is 1.39. The van der Waals surface area contributed by atoms with Gasteiger partial charge in [-0.2, -0.15) is 0 Å². The minimum absolute atomic E-state index is 0.106. The van der Waals surface area contributed by atoms with E-state index in [0.717, 1.165) is 50.1 Å². The summed E-state index contributed by atoms with van der Waals surface area (Å²) in [6.45, 7) is 9.30. The van der Waals surface area contributed by atoms with Gasteiger partial charge in [0.2, 0.25) is 0 Å². The number of para-hydroxylation sites is 2.